The maximum Gasteiger partial charge on any atom is 0.338 e. The largest absolute Gasteiger partial charge is 0.497 e. The van der Waals surface area contributed by atoms with Gasteiger partial charge in [-0.3, -0.25) is 0 Å². The van der Waals surface area contributed by atoms with Crippen LogP contribution in [0.5, 0.6) is 5.75 Å². The molecule has 0 aliphatic heterocycles. The Morgan fingerprint density at radius 3 is 2.65 bits per heavy atom. The minimum Gasteiger partial charge on any atom is -0.497 e. The van der Waals surface area contributed by atoms with Gasteiger partial charge in [-0.1, -0.05) is 11.6 Å². The highest BCUT2D eigenvalue weighted by Gasteiger charge is 2.08. The molecule has 0 radical (unpaired) electrons. The van der Waals surface area contributed by atoms with Crippen LogP contribution in [0.2, 0.25) is 0 Å². The average Bonchev–Trinajstić information content (AvgIpc) is 2.52. The number of carbonyl (C=O) groups excluding carboxylic acids is 1. The van der Waals surface area contributed by atoms with Crippen molar-refractivity contribution < 1.29 is 14.3 Å². The SMILES string of the molecule is COc1ccc(C(=O)OCCCC2=CCCCC2)cc1. The quantitative estimate of drug-likeness (QED) is 0.444. The van der Waals surface area contributed by atoms with Crippen molar-refractivity contribution in [2.45, 2.75) is 38.5 Å². The summed E-state index contributed by atoms with van der Waals surface area (Å²) >= 11 is 0. The third kappa shape index (κ3) is 4.41. The molecule has 108 valence electrons. The van der Waals surface area contributed by atoms with Gasteiger partial charge in [0.25, 0.3) is 0 Å². The fourth-order valence-corrected chi connectivity index (χ4v) is 2.41. The highest BCUT2D eigenvalue weighted by atomic mass is 16.5. The molecule has 0 heterocycles. The Hall–Kier alpha value is -1.77. The van der Waals surface area contributed by atoms with Gasteiger partial charge in [0.05, 0.1) is 19.3 Å². The topological polar surface area (TPSA) is 35.5 Å². The molecular weight excluding hydrogens is 252 g/mol. The van der Waals surface area contributed by atoms with Crippen molar-refractivity contribution in [3.63, 3.8) is 0 Å². The van der Waals surface area contributed by atoms with Gasteiger partial charge in [0, 0.05) is 0 Å². The van der Waals surface area contributed by atoms with Crippen LogP contribution in [0.25, 0.3) is 0 Å². The average molecular weight is 274 g/mol. The number of ether oxygens (including phenoxy) is 2. The van der Waals surface area contributed by atoms with Crippen molar-refractivity contribution in [2.24, 2.45) is 0 Å². The summed E-state index contributed by atoms with van der Waals surface area (Å²) in [5.74, 6) is 0.482. The zero-order valence-corrected chi connectivity index (χ0v) is 12.1. The molecule has 20 heavy (non-hydrogen) atoms. The summed E-state index contributed by atoms with van der Waals surface area (Å²) < 4.78 is 10.3. The van der Waals surface area contributed by atoms with E-state index in [1.165, 1.54) is 31.3 Å². The fraction of sp³-hybridized carbons (Fsp3) is 0.471. The van der Waals surface area contributed by atoms with E-state index in [2.05, 4.69) is 6.08 Å². The van der Waals surface area contributed by atoms with E-state index in [9.17, 15) is 4.79 Å². The molecule has 0 aromatic heterocycles. The Bertz CT molecular complexity index is 460. The van der Waals surface area contributed by atoms with Gasteiger partial charge in [0.15, 0.2) is 0 Å². The normalized spacial score (nSPS) is 14.6. The molecule has 3 heteroatoms. The molecule has 0 atom stereocenters. The molecule has 0 unspecified atom stereocenters. The molecule has 0 N–H and O–H groups in total. The first-order valence-corrected chi connectivity index (χ1v) is 7.28. The van der Waals surface area contributed by atoms with E-state index in [0.717, 1.165) is 18.6 Å². The number of hydrogen-bond donors (Lipinski definition) is 0. The summed E-state index contributed by atoms with van der Waals surface area (Å²) in [7, 11) is 1.60. The molecule has 0 spiro atoms. The Kier molecular flexibility index (Phi) is 5.66. The van der Waals surface area contributed by atoms with Gasteiger partial charge in [-0.2, -0.15) is 0 Å². The predicted molar refractivity (Wildman–Crippen MR) is 79.1 cm³/mol. The Morgan fingerprint density at radius 2 is 2.00 bits per heavy atom. The van der Waals surface area contributed by atoms with Crippen LogP contribution >= 0.6 is 0 Å². The number of methoxy groups -OCH3 is 1. The highest BCUT2D eigenvalue weighted by Crippen LogP contribution is 2.21. The van der Waals surface area contributed by atoms with E-state index in [-0.39, 0.29) is 5.97 Å². The minimum absolute atomic E-state index is 0.259. The molecule has 0 amide bonds. The zero-order chi connectivity index (χ0) is 14.2. The number of hydrogen-bond acceptors (Lipinski definition) is 3. The van der Waals surface area contributed by atoms with Gasteiger partial charge >= 0.3 is 5.97 Å². The molecule has 1 aromatic carbocycles. The second-order valence-electron chi connectivity index (χ2n) is 5.08. The first-order valence-electron chi connectivity index (χ1n) is 7.28. The van der Waals surface area contributed by atoms with E-state index in [1.54, 1.807) is 31.4 Å². The fourth-order valence-electron chi connectivity index (χ4n) is 2.41. The lowest BCUT2D eigenvalue weighted by atomic mass is 9.96. The van der Waals surface area contributed by atoms with Crippen molar-refractivity contribution >= 4 is 5.97 Å². The van der Waals surface area contributed by atoms with E-state index in [1.807, 2.05) is 0 Å². The molecule has 1 aliphatic rings. The molecule has 1 aliphatic carbocycles. The molecule has 0 saturated carbocycles. The number of allylic oxidation sites excluding steroid dienone is 2. The second-order valence-corrected chi connectivity index (χ2v) is 5.08. The van der Waals surface area contributed by atoms with Crippen molar-refractivity contribution in [1.29, 1.82) is 0 Å². The molecule has 1 aromatic rings. The van der Waals surface area contributed by atoms with Crippen LogP contribution in [-0.4, -0.2) is 19.7 Å². The van der Waals surface area contributed by atoms with Crippen LogP contribution in [0.15, 0.2) is 35.9 Å². The van der Waals surface area contributed by atoms with Crippen LogP contribution < -0.4 is 4.74 Å². The third-order valence-electron chi connectivity index (χ3n) is 3.59. The maximum atomic E-state index is 11.8. The van der Waals surface area contributed by atoms with E-state index in [4.69, 9.17) is 9.47 Å². The summed E-state index contributed by atoms with van der Waals surface area (Å²) in [5.41, 5.74) is 2.10. The first kappa shape index (κ1) is 14.6. The van der Waals surface area contributed by atoms with Gasteiger partial charge in [-0.05, 0) is 62.8 Å². The first-order chi connectivity index (χ1) is 9.79. The Morgan fingerprint density at radius 1 is 1.20 bits per heavy atom. The number of carbonyl (C=O) groups is 1. The van der Waals surface area contributed by atoms with Gasteiger partial charge in [0.2, 0.25) is 0 Å². The van der Waals surface area contributed by atoms with Gasteiger partial charge in [-0.15, -0.1) is 0 Å². The summed E-state index contributed by atoms with van der Waals surface area (Å²) in [6.45, 7) is 0.488. The summed E-state index contributed by atoms with van der Waals surface area (Å²) in [4.78, 5) is 11.8. The molecule has 0 bridgehead atoms. The van der Waals surface area contributed by atoms with Gasteiger partial charge in [-0.25, -0.2) is 4.79 Å². The van der Waals surface area contributed by atoms with Crippen LogP contribution in [0, 0.1) is 0 Å². The standard InChI is InChI=1S/C17H22O3/c1-19-16-11-9-15(10-12-16)17(18)20-13-5-8-14-6-3-2-4-7-14/h6,9-12H,2-5,7-8,13H2,1H3. The Labute approximate surface area is 120 Å². The second kappa shape index (κ2) is 7.73. The van der Waals surface area contributed by atoms with Crippen molar-refractivity contribution in [1.82, 2.24) is 0 Å². The third-order valence-corrected chi connectivity index (χ3v) is 3.59. The van der Waals surface area contributed by atoms with Crippen LogP contribution in [-0.2, 0) is 4.74 Å². The summed E-state index contributed by atoms with van der Waals surface area (Å²) in [5, 5.41) is 0. The number of rotatable bonds is 6. The number of benzene rings is 1. The van der Waals surface area contributed by atoms with Crippen molar-refractivity contribution in [3.8, 4) is 5.75 Å². The zero-order valence-electron chi connectivity index (χ0n) is 12.1. The lowest BCUT2D eigenvalue weighted by Gasteiger charge is -2.12. The lowest BCUT2D eigenvalue weighted by Crippen LogP contribution is -2.06. The van der Waals surface area contributed by atoms with Crippen LogP contribution in [0.4, 0.5) is 0 Å². The lowest BCUT2D eigenvalue weighted by molar-refractivity contribution is 0.0500. The Balaban J connectivity index is 1.70. The van der Waals surface area contributed by atoms with Crippen LogP contribution in [0.1, 0.15) is 48.9 Å². The summed E-state index contributed by atoms with van der Waals surface area (Å²) in [6.07, 6.45) is 9.35. The van der Waals surface area contributed by atoms with E-state index < -0.39 is 0 Å². The highest BCUT2D eigenvalue weighted by molar-refractivity contribution is 5.89. The molecule has 2 rings (SSSR count). The molecule has 3 nitrogen and oxygen atoms in total. The van der Waals surface area contributed by atoms with E-state index >= 15 is 0 Å². The van der Waals surface area contributed by atoms with Crippen molar-refractivity contribution in [2.75, 3.05) is 13.7 Å². The van der Waals surface area contributed by atoms with Crippen molar-refractivity contribution in [3.05, 3.63) is 41.5 Å². The maximum absolute atomic E-state index is 11.8. The predicted octanol–water partition coefficient (Wildman–Crippen LogP) is 4.13. The van der Waals surface area contributed by atoms with E-state index in [0.29, 0.717) is 12.2 Å². The molecule has 0 saturated heterocycles. The smallest absolute Gasteiger partial charge is 0.338 e. The van der Waals surface area contributed by atoms with Gasteiger partial charge in [0.1, 0.15) is 5.75 Å². The molecular formula is C17H22O3. The molecule has 0 fully saturated rings. The van der Waals surface area contributed by atoms with Crippen LogP contribution in [0.3, 0.4) is 0 Å². The number of esters is 1. The minimum atomic E-state index is -0.259. The van der Waals surface area contributed by atoms with Gasteiger partial charge < -0.3 is 9.47 Å². The summed E-state index contributed by atoms with van der Waals surface area (Å²) in [6, 6.07) is 6.99. The monoisotopic (exact) mass is 274 g/mol.